The molecule has 2 amide bonds. The molecule has 5 nitrogen and oxygen atoms in total. The van der Waals surface area contributed by atoms with Gasteiger partial charge in [0.1, 0.15) is 5.69 Å². The van der Waals surface area contributed by atoms with Crippen molar-refractivity contribution in [2.45, 2.75) is 26.3 Å². The number of anilines is 1. The number of carbonyl (C=O) groups excluding carboxylic acids is 2. The van der Waals surface area contributed by atoms with Crippen LogP contribution in [0.2, 0.25) is 5.02 Å². The highest BCUT2D eigenvalue weighted by molar-refractivity contribution is 7.14. The number of nitrogens with zero attached hydrogens (tertiary/aromatic N) is 1. The van der Waals surface area contributed by atoms with Crippen LogP contribution in [0, 0.1) is 0 Å². The summed E-state index contributed by atoms with van der Waals surface area (Å²) < 4.78 is 0. The molecule has 1 heterocycles. The van der Waals surface area contributed by atoms with Crippen LogP contribution in [0.5, 0.6) is 0 Å². The Hall–Kier alpha value is -1.92. The van der Waals surface area contributed by atoms with Gasteiger partial charge in [0.05, 0.1) is 0 Å². The Balaban J connectivity index is 2.03. The molecule has 1 atom stereocenters. The molecule has 0 aliphatic rings. The molecule has 1 aromatic carbocycles. The van der Waals surface area contributed by atoms with Gasteiger partial charge in [0, 0.05) is 22.0 Å². The lowest BCUT2D eigenvalue weighted by atomic mass is 10.2. The van der Waals surface area contributed by atoms with Crippen LogP contribution in [-0.2, 0) is 0 Å². The minimum atomic E-state index is -0.314. The number of benzene rings is 1. The number of carbonyl (C=O) groups is 2. The van der Waals surface area contributed by atoms with Gasteiger partial charge in [-0.25, -0.2) is 4.98 Å². The minimum Gasteiger partial charge on any atom is -0.348 e. The molecule has 22 heavy (non-hydrogen) atoms. The third-order valence-corrected chi connectivity index (χ3v) is 4.03. The summed E-state index contributed by atoms with van der Waals surface area (Å²) in [7, 11) is 0. The number of thiazole rings is 1. The van der Waals surface area contributed by atoms with Crippen molar-refractivity contribution >= 4 is 39.9 Å². The Kier molecular flexibility index (Phi) is 5.51. The number of hydrogen-bond donors (Lipinski definition) is 2. The monoisotopic (exact) mass is 337 g/mol. The topological polar surface area (TPSA) is 71.1 Å². The van der Waals surface area contributed by atoms with Crippen molar-refractivity contribution in [1.29, 1.82) is 0 Å². The lowest BCUT2D eigenvalue weighted by Crippen LogP contribution is -2.32. The standard InChI is InChI=1S/C15H16ClN3O2S/c1-3-9(2)17-14(21)12-8-22-15(18-12)19-13(20)10-5-4-6-11(16)7-10/h4-9H,3H2,1-2H3,(H,17,21)(H,18,19,20)/t9-/m0/s1. The Bertz CT molecular complexity index is 687. The molecule has 0 radical (unpaired) electrons. The van der Waals surface area contributed by atoms with Crippen LogP contribution in [-0.4, -0.2) is 22.8 Å². The molecular formula is C15H16ClN3O2S. The van der Waals surface area contributed by atoms with Crippen LogP contribution in [0.1, 0.15) is 41.1 Å². The normalized spacial score (nSPS) is 11.8. The fourth-order valence-electron chi connectivity index (χ4n) is 1.63. The zero-order chi connectivity index (χ0) is 16.1. The van der Waals surface area contributed by atoms with Crippen molar-refractivity contribution in [3.05, 3.63) is 45.9 Å². The van der Waals surface area contributed by atoms with Crippen molar-refractivity contribution in [2.24, 2.45) is 0 Å². The Morgan fingerprint density at radius 3 is 2.82 bits per heavy atom. The number of nitrogens with one attached hydrogen (secondary N) is 2. The molecule has 2 aromatic rings. The average molecular weight is 338 g/mol. The molecule has 0 saturated carbocycles. The fourth-order valence-corrected chi connectivity index (χ4v) is 2.51. The highest BCUT2D eigenvalue weighted by Gasteiger charge is 2.14. The summed E-state index contributed by atoms with van der Waals surface area (Å²) >= 11 is 7.06. The smallest absolute Gasteiger partial charge is 0.271 e. The van der Waals surface area contributed by atoms with Crippen LogP contribution in [0.25, 0.3) is 0 Å². The summed E-state index contributed by atoms with van der Waals surface area (Å²) in [6.45, 7) is 3.91. The molecular weight excluding hydrogens is 322 g/mol. The maximum Gasteiger partial charge on any atom is 0.271 e. The van der Waals surface area contributed by atoms with Crippen molar-refractivity contribution in [3.63, 3.8) is 0 Å². The quantitative estimate of drug-likeness (QED) is 0.876. The van der Waals surface area contributed by atoms with Gasteiger partial charge in [0.15, 0.2) is 5.13 Å². The predicted molar refractivity (Wildman–Crippen MR) is 88.7 cm³/mol. The first-order valence-corrected chi connectivity index (χ1v) is 8.08. The van der Waals surface area contributed by atoms with Gasteiger partial charge in [-0.1, -0.05) is 24.6 Å². The number of halogens is 1. The van der Waals surface area contributed by atoms with Gasteiger partial charge in [-0.05, 0) is 31.5 Å². The largest absolute Gasteiger partial charge is 0.348 e. The van der Waals surface area contributed by atoms with E-state index >= 15 is 0 Å². The lowest BCUT2D eigenvalue weighted by Gasteiger charge is -2.09. The van der Waals surface area contributed by atoms with Gasteiger partial charge in [0.2, 0.25) is 0 Å². The van der Waals surface area contributed by atoms with Gasteiger partial charge in [0.25, 0.3) is 11.8 Å². The zero-order valence-electron chi connectivity index (χ0n) is 12.2. The first-order valence-electron chi connectivity index (χ1n) is 6.83. The molecule has 0 unspecified atom stereocenters. The second kappa shape index (κ2) is 7.38. The first kappa shape index (κ1) is 16.5. The second-order valence-electron chi connectivity index (χ2n) is 4.79. The van der Waals surface area contributed by atoms with Crippen LogP contribution < -0.4 is 10.6 Å². The molecule has 116 valence electrons. The molecule has 2 N–H and O–H groups in total. The maximum absolute atomic E-state index is 12.1. The molecule has 0 aliphatic carbocycles. The molecule has 1 aromatic heterocycles. The molecule has 0 bridgehead atoms. The van der Waals surface area contributed by atoms with E-state index in [4.69, 9.17) is 11.6 Å². The molecule has 0 fully saturated rings. The van der Waals surface area contributed by atoms with E-state index in [2.05, 4.69) is 15.6 Å². The number of aromatic nitrogens is 1. The van der Waals surface area contributed by atoms with Crippen molar-refractivity contribution < 1.29 is 9.59 Å². The summed E-state index contributed by atoms with van der Waals surface area (Å²) in [5, 5.41) is 7.96. The highest BCUT2D eigenvalue weighted by Crippen LogP contribution is 2.18. The molecule has 2 rings (SSSR count). The Morgan fingerprint density at radius 1 is 1.36 bits per heavy atom. The van der Waals surface area contributed by atoms with E-state index in [9.17, 15) is 9.59 Å². The van der Waals surface area contributed by atoms with E-state index in [0.717, 1.165) is 6.42 Å². The number of amides is 2. The predicted octanol–water partition coefficient (Wildman–Crippen LogP) is 3.58. The van der Waals surface area contributed by atoms with Crippen molar-refractivity contribution in [2.75, 3.05) is 5.32 Å². The van der Waals surface area contributed by atoms with E-state index in [1.54, 1.807) is 29.6 Å². The van der Waals surface area contributed by atoms with Gasteiger partial charge in [-0.15, -0.1) is 11.3 Å². The van der Waals surface area contributed by atoms with Crippen LogP contribution in [0.3, 0.4) is 0 Å². The summed E-state index contributed by atoms with van der Waals surface area (Å²) in [5.41, 5.74) is 0.736. The van der Waals surface area contributed by atoms with E-state index < -0.39 is 0 Å². The summed E-state index contributed by atoms with van der Waals surface area (Å²) in [6.07, 6.45) is 0.842. The van der Waals surface area contributed by atoms with Gasteiger partial charge >= 0.3 is 0 Å². The van der Waals surface area contributed by atoms with Crippen molar-refractivity contribution in [3.8, 4) is 0 Å². The van der Waals surface area contributed by atoms with Crippen LogP contribution >= 0.6 is 22.9 Å². The average Bonchev–Trinajstić information content (AvgIpc) is 2.95. The summed E-state index contributed by atoms with van der Waals surface area (Å²) in [5.74, 6) is -0.556. The van der Waals surface area contributed by atoms with Gasteiger partial charge in [-0.2, -0.15) is 0 Å². The minimum absolute atomic E-state index is 0.0821. The number of rotatable bonds is 5. The zero-order valence-corrected chi connectivity index (χ0v) is 13.8. The van der Waals surface area contributed by atoms with E-state index in [1.165, 1.54) is 11.3 Å². The fraction of sp³-hybridized carbons (Fsp3) is 0.267. The van der Waals surface area contributed by atoms with E-state index in [-0.39, 0.29) is 17.9 Å². The van der Waals surface area contributed by atoms with Gasteiger partial charge < -0.3 is 5.32 Å². The summed E-state index contributed by atoms with van der Waals surface area (Å²) in [4.78, 5) is 28.1. The third kappa shape index (κ3) is 4.29. The Morgan fingerprint density at radius 2 is 2.14 bits per heavy atom. The molecule has 7 heteroatoms. The Labute approximate surface area is 137 Å². The van der Waals surface area contributed by atoms with Crippen molar-refractivity contribution in [1.82, 2.24) is 10.3 Å². The van der Waals surface area contributed by atoms with Gasteiger partial charge in [-0.3, -0.25) is 14.9 Å². The van der Waals surface area contributed by atoms with Crippen LogP contribution in [0.15, 0.2) is 29.6 Å². The molecule has 0 spiro atoms. The molecule has 0 aliphatic heterocycles. The SMILES string of the molecule is CC[C@H](C)NC(=O)c1csc(NC(=O)c2cccc(Cl)c2)n1. The first-order chi connectivity index (χ1) is 10.5. The highest BCUT2D eigenvalue weighted by atomic mass is 35.5. The van der Waals surface area contributed by atoms with E-state index in [0.29, 0.717) is 21.4 Å². The lowest BCUT2D eigenvalue weighted by molar-refractivity contribution is 0.0933. The molecule has 0 saturated heterocycles. The maximum atomic E-state index is 12.1. The third-order valence-electron chi connectivity index (χ3n) is 3.03. The summed E-state index contributed by atoms with van der Waals surface area (Å²) in [6, 6.07) is 6.70. The van der Waals surface area contributed by atoms with Crippen LogP contribution in [0.4, 0.5) is 5.13 Å². The second-order valence-corrected chi connectivity index (χ2v) is 6.08. The van der Waals surface area contributed by atoms with E-state index in [1.807, 2.05) is 13.8 Å². The number of hydrogen-bond acceptors (Lipinski definition) is 4.